The van der Waals surface area contributed by atoms with Gasteiger partial charge in [0.15, 0.2) is 0 Å². The van der Waals surface area contributed by atoms with Gasteiger partial charge in [0.05, 0.1) is 17.1 Å². The number of halogens is 1. The van der Waals surface area contributed by atoms with E-state index in [2.05, 4.69) is 31.2 Å². The zero-order chi connectivity index (χ0) is 16.8. The number of aromatic nitrogens is 2. The molecule has 0 saturated heterocycles. The van der Waals surface area contributed by atoms with Gasteiger partial charge in [0.25, 0.3) is 0 Å². The molecule has 2 rings (SSSR count). The van der Waals surface area contributed by atoms with Gasteiger partial charge in [-0.3, -0.25) is 4.79 Å². The highest BCUT2D eigenvalue weighted by Gasteiger charge is 2.21. The molecular weight excluding hydrogens is 330 g/mol. The Bertz CT molecular complexity index is 640. The van der Waals surface area contributed by atoms with Crippen molar-refractivity contribution in [1.29, 1.82) is 0 Å². The van der Waals surface area contributed by atoms with Crippen molar-refractivity contribution in [2.75, 3.05) is 5.75 Å². The molecule has 0 spiro atoms. The molecule has 1 aromatic carbocycles. The Morgan fingerprint density at radius 3 is 2.65 bits per heavy atom. The SMILES string of the molecule is CCSC(C(=O)NCc1cnn(-c2ccc(Cl)cc2)c1)C(C)C. The van der Waals surface area contributed by atoms with E-state index in [1.165, 1.54) is 0 Å². The highest BCUT2D eigenvalue weighted by Crippen LogP contribution is 2.19. The molecule has 6 heteroatoms. The molecule has 1 unspecified atom stereocenters. The summed E-state index contributed by atoms with van der Waals surface area (Å²) in [6, 6.07) is 7.47. The third-order valence-corrected chi connectivity index (χ3v) is 5.11. The molecule has 124 valence electrons. The summed E-state index contributed by atoms with van der Waals surface area (Å²) in [4.78, 5) is 12.3. The summed E-state index contributed by atoms with van der Waals surface area (Å²) in [5.74, 6) is 1.34. The van der Waals surface area contributed by atoms with Crippen molar-refractivity contribution in [1.82, 2.24) is 15.1 Å². The van der Waals surface area contributed by atoms with Crippen LogP contribution in [0.15, 0.2) is 36.7 Å². The smallest absolute Gasteiger partial charge is 0.233 e. The van der Waals surface area contributed by atoms with E-state index < -0.39 is 0 Å². The van der Waals surface area contributed by atoms with Crippen LogP contribution < -0.4 is 5.32 Å². The average molecular weight is 352 g/mol. The van der Waals surface area contributed by atoms with Crippen LogP contribution in [0.3, 0.4) is 0 Å². The average Bonchev–Trinajstić information content (AvgIpc) is 2.99. The van der Waals surface area contributed by atoms with Gasteiger partial charge in [0.2, 0.25) is 5.91 Å². The van der Waals surface area contributed by atoms with Crippen LogP contribution in [0, 0.1) is 5.92 Å². The van der Waals surface area contributed by atoms with Gasteiger partial charge in [-0.1, -0.05) is 32.4 Å². The first-order chi connectivity index (χ1) is 11.0. The molecule has 2 aromatic rings. The van der Waals surface area contributed by atoms with Crippen LogP contribution in [0.2, 0.25) is 5.02 Å². The Hall–Kier alpha value is -1.46. The van der Waals surface area contributed by atoms with Gasteiger partial charge in [-0.2, -0.15) is 5.10 Å². The summed E-state index contributed by atoms with van der Waals surface area (Å²) in [7, 11) is 0. The Morgan fingerprint density at radius 1 is 1.35 bits per heavy atom. The minimum absolute atomic E-state index is 0.00805. The number of hydrogen-bond donors (Lipinski definition) is 1. The molecule has 0 fully saturated rings. The molecule has 0 aliphatic heterocycles. The monoisotopic (exact) mass is 351 g/mol. The molecule has 1 heterocycles. The first-order valence-corrected chi connectivity index (χ1v) is 9.12. The Morgan fingerprint density at radius 2 is 2.04 bits per heavy atom. The largest absolute Gasteiger partial charge is 0.351 e. The number of amides is 1. The van der Waals surface area contributed by atoms with Gasteiger partial charge in [-0.25, -0.2) is 4.68 Å². The number of nitrogens with one attached hydrogen (secondary N) is 1. The van der Waals surface area contributed by atoms with Crippen LogP contribution in [0.5, 0.6) is 0 Å². The van der Waals surface area contributed by atoms with Crippen LogP contribution in [0.25, 0.3) is 5.69 Å². The molecule has 0 aliphatic carbocycles. The van der Waals surface area contributed by atoms with E-state index in [1.807, 2.05) is 30.5 Å². The van der Waals surface area contributed by atoms with Gasteiger partial charge in [-0.15, -0.1) is 11.8 Å². The van der Waals surface area contributed by atoms with E-state index >= 15 is 0 Å². The summed E-state index contributed by atoms with van der Waals surface area (Å²) >= 11 is 7.58. The van der Waals surface area contributed by atoms with Crippen molar-refractivity contribution < 1.29 is 4.79 Å². The molecule has 1 atom stereocenters. The van der Waals surface area contributed by atoms with E-state index in [9.17, 15) is 4.79 Å². The van der Waals surface area contributed by atoms with Crippen molar-refractivity contribution in [3.8, 4) is 5.69 Å². The van der Waals surface area contributed by atoms with Gasteiger partial charge in [0, 0.05) is 23.3 Å². The maximum absolute atomic E-state index is 12.3. The fourth-order valence-corrected chi connectivity index (χ4v) is 3.33. The number of thioether (sulfide) groups is 1. The minimum atomic E-state index is -0.00805. The second-order valence-corrected chi connectivity index (χ2v) is 7.46. The fourth-order valence-electron chi connectivity index (χ4n) is 2.23. The number of nitrogens with zero attached hydrogens (tertiary/aromatic N) is 2. The molecule has 23 heavy (non-hydrogen) atoms. The summed E-state index contributed by atoms with van der Waals surface area (Å²) in [6.07, 6.45) is 3.69. The Kier molecular flexibility index (Phi) is 6.54. The van der Waals surface area contributed by atoms with E-state index in [1.54, 1.807) is 22.6 Å². The van der Waals surface area contributed by atoms with Crippen LogP contribution >= 0.6 is 23.4 Å². The fraction of sp³-hybridized carbons (Fsp3) is 0.412. The zero-order valence-electron chi connectivity index (χ0n) is 13.6. The quantitative estimate of drug-likeness (QED) is 0.822. The lowest BCUT2D eigenvalue weighted by Gasteiger charge is -2.18. The van der Waals surface area contributed by atoms with Gasteiger partial charge in [-0.05, 0) is 35.9 Å². The van der Waals surface area contributed by atoms with E-state index in [-0.39, 0.29) is 11.2 Å². The molecule has 1 amide bonds. The van der Waals surface area contributed by atoms with Crippen LogP contribution in [-0.2, 0) is 11.3 Å². The molecular formula is C17H22ClN3OS. The number of benzene rings is 1. The lowest BCUT2D eigenvalue weighted by atomic mass is 10.1. The van der Waals surface area contributed by atoms with Crippen LogP contribution in [0.1, 0.15) is 26.3 Å². The molecule has 4 nitrogen and oxygen atoms in total. The second-order valence-electron chi connectivity index (χ2n) is 5.61. The highest BCUT2D eigenvalue weighted by molar-refractivity contribution is 8.00. The van der Waals surface area contributed by atoms with Crippen molar-refractivity contribution in [2.24, 2.45) is 5.92 Å². The third kappa shape index (κ3) is 5.01. The zero-order valence-corrected chi connectivity index (χ0v) is 15.2. The maximum Gasteiger partial charge on any atom is 0.233 e. The van der Waals surface area contributed by atoms with Crippen LogP contribution in [0.4, 0.5) is 0 Å². The normalized spacial score (nSPS) is 12.4. The van der Waals surface area contributed by atoms with E-state index in [0.717, 1.165) is 17.0 Å². The number of rotatable bonds is 7. The van der Waals surface area contributed by atoms with Crippen molar-refractivity contribution >= 4 is 29.3 Å². The predicted molar refractivity (Wildman–Crippen MR) is 97.2 cm³/mol. The van der Waals surface area contributed by atoms with E-state index in [4.69, 9.17) is 11.6 Å². The number of carbonyl (C=O) groups is 1. The summed E-state index contributed by atoms with van der Waals surface area (Å²) in [5, 5.41) is 8.02. The standard InChI is InChI=1S/C17H22ClN3OS/c1-4-23-16(12(2)3)17(22)19-9-13-10-20-21(11-13)15-7-5-14(18)6-8-15/h5-8,10-12,16H,4,9H2,1-3H3,(H,19,22). The molecule has 0 aliphatic rings. The lowest BCUT2D eigenvalue weighted by molar-refractivity contribution is -0.121. The minimum Gasteiger partial charge on any atom is -0.351 e. The third-order valence-electron chi connectivity index (χ3n) is 3.40. The Balaban J connectivity index is 1.96. The molecule has 0 bridgehead atoms. The first kappa shape index (κ1) is 17.9. The number of hydrogen-bond acceptors (Lipinski definition) is 3. The highest BCUT2D eigenvalue weighted by atomic mass is 35.5. The predicted octanol–water partition coefficient (Wildman–Crippen LogP) is 3.92. The second kappa shape index (κ2) is 8.41. The van der Waals surface area contributed by atoms with Crippen molar-refractivity contribution in [2.45, 2.75) is 32.6 Å². The molecule has 1 aromatic heterocycles. The number of carbonyl (C=O) groups excluding carboxylic acids is 1. The topological polar surface area (TPSA) is 46.9 Å². The summed E-state index contributed by atoms with van der Waals surface area (Å²) < 4.78 is 1.78. The molecule has 0 saturated carbocycles. The summed E-state index contributed by atoms with van der Waals surface area (Å²) in [6.45, 7) is 6.71. The van der Waals surface area contributed by atoms with Gasteiger partial charge >= 0.3 is 0 Å². The van der Waals surface area contributed by atoms with Gasteiger partial charge < -0.3 is 5.32 Å². The van der Waals surface area contributed by atoms with Crippen molar-refractivity contribution in [3.05, 3.63) is 47.2 Å². The first-order valence-electron chi connectivity index (χ1n) is 7.70. The van der Waals surface area contributed by atoms with Crippen molar-refractivity contribution in [3.63, 3.8) is 0 Å². The van der Waals surface area contributed by atoms with Crippen LogP contribution in [-0.4, -0.2) is 26.7 Å². The maximum atomic E-state index is 12.3. The molecule has 0 radical (unpaired) electrons. The van der Waals surface area contributed by atoms with E-state index in [0.29, 0.717) is 17.5 Å². The Labute approximate surface area is 146 Å². The molecule has 1 N–H and O–H groups in total. The van der Waals surface area contributed by atoms with Gasteiger partial charge in [0.1, 0.15) is 0 Å². The lowest BCUT2D eigenvalue weighted by Crippen LogP contribution is -2.35. The summed E-state index contributed by atoms with van der Waals surface area (Å²) in [5.41, 5.74) is 1.91.